The van der Waals surface area contributed by atoms with Gasteiger partial charge < -0.3 is 4.74 Å². The SMILES string of the molecule is CCOc1ccc(-c2cnc(NC(=O)c3ccccc3[N+](=O)[O-])s2)cc1. The molecule has 1 heterocycles. The van der Waals surface area contributed by atoms with E-state index in [2.05, 4.69) is 10.3 Å². The van der Waals surface area contributed by atoms with Crippen LogP contribution >= 0.6 is 11.3 Å². The van der Waals surface area contributed by atoms with Crippen molar-refractivity contribution in [1.29, 1.82) is 0 Å². The van der Waals surface area contributed by atoms with Crippen LogP contribution in [0.4, 0.5) is 10.8 Å². The van der Waals surface area contributed by atoms with E-state index in [1.165, 1.54) is 29.5 Å². The molecule has 1 N–H and O–H groups in total. The first-order valence-corrected chi connectivity index (χ1v) is 8.64. The van der Waals surface area contributed by atoms with Crippen LogP contribution in [0, 0.1) is 10.1 Å². The number of aromatic nitrogens is 1. The van der Waals surface area contributed by atoms with Crippen LogP contribution < -0.4 is 10.1 Å². The molecule has 7 nitrogen and oxygen atoms in total. The average Bonchev–Trinajstić information content (AvgIpc) is 3.11. The van der Waals surface area contributed by atoms with Crippen LogP contribution in [0.1, 0.15) is 17.3 Å². The minimum atomic E-state index is -0.581. The largest absolute Gasteiger partial charge is 0.494 e. The topological polar surface area (TPSA) is 94.4 Å². The van der Waals surface area contributed by atoms with Gasteiger partial charge in [0.15, 0.2) is 5.13 Å². The van der Waals surface area contributed by atoms with Crippen molar-refractivity contribution in [3.8, 4) is 16.2 Å². The van der Waals surface area contributed by atoms with Gasteiger partial charge in [0.05, 0.1) is 16.4 Å². The lowest BCUT2D eigenvalue weighted by Crippen LogP contribution is -2.13. The van der Waals surface area contributed by atoms with Gasteiger partial charge in [0.1, 0.15) is 11.3 Å². The number of amides is 1. The lowest BCUT2D eigenvalue weighted by Gasteiger charge is -2.03. The summed E-state index contributed by atoms with van der Waals surface area (Å²) in [6.45, 7) is 2.52. The number of nitrogens with one attached hydrogen (secondary N) is 1. The molecule has 1 aromatic heterocycles. The van der Waals surface area contributed by atoms with E-state index < -0.39 is 10.8 Å². The first-order valence-electron chi connectivity index (χ1n) is 7.82. The van der Waals surface area contributed by atoms with E-state index in [0.717, 1.165) is 16.2 Å². The molecule has 132 valence electrons. The van der Waals surface area contributed by atoms with E-state index in [1.54, 1.807) is 12.3 Å². The van der Waals surface area contributed by atoms with Gasteiger partial charge >= 0.3 is 0 Å². The first kappa shape index (κ1) is 17.6. The Bertz CT molecular complexity index is 938. The minimum absolute atomic E-state index is 0.00434. The van der Waals surface area contributed by atoms with Crippen LogP contribution in [0.15, 0.2) is 54.7 Å². The second-order valence-electron chi connectivity index (χ2n) is 5.22. The van der Waals surface area contributed by atoms with E-state index in [9.17, 15) is 14.9 Å². The van der Waals surface area contributed by atoms with Crippen molar-refractivity contribution in [3.05, 3.63) is 70.4 Å². The fraction of sp³-hybridized carbons (Fsp3) is 0.111. The molecule has 26 heavy (non-hydrogen) atoms. The van der Waals surface area contributed by atoms with E-state index in [-0.39, 0.29) is 11.3 Å². The molecule has 0 unspecified atom stereocenters. The van der Waals surface area contributed by atoms with E-state index in [0.29, 0.717) is 11.7 Å². The number of carbonyl (C=O) groups is 1. The molecular weight excluding hydrogens is 354 g/mol. The molecule has 1 amide bonds. The maximum Gasteiger partial charge on any atom is 0.282 e. The second-order valence-corrected chi connectivity index (χ2v) is 6.25. The van der Waals surface area contributed by atoms with Gasteiger partial charge in [-0.3, -0.25) is 20.2 Å². The van der Waals surface area contributed by atoms with Gasteiger partial charge in [0, 0.05) is 12.3 Å². The highest BCUT2D eigenvalue weighted by Crippen LogP contribution is 2.30. The highest BCUT2D eigenvalue weighted by Gasteiger charge is 2.20. The standard InChI is InChI=1S/C18H15N3O4S/c1-2-25-13-9-7-12(8-10-13)16-11-19-18(26-16)20-17(22)14-5-3-4-6-15(14)21(23)24/h3-11H,2H2,1H3,(H,19,20,22). The van der Waals surface area contributed by atoms with Crippen molar-refractivity contribution in [2.45, 2.75) is 6.92 Å². The monoisotopic (exact) mass is 369 g/mol. The number of hydrogen-bond donors (Lipinski definition) is 1. The molecule has 0 aliphatic heterocycles. The zero-order chi connectivity index (χ0) is 18.5. The summed E-state index contributed by atoms with van der Waals surface area (Å²) in [7, 11) is 0. The summed E-state index contributed by atoms with van der Waals surface area (Å²) in [5.41, 5.74) is 0.695. The van der Waals surface area contributed by atoms with Crippen molar-refractivity contribution in [1.82, 2.24) is 4.98 Å². The van der Waals surface area contributed by atoms with E-state index in [1.807, 2.05) is 31.2 Å². The highest BCUT2D eigenvalue weighted by atomic mass is 32.1. The van der Waals surface area contributed by atoms with Gasteiger partial charge in [0.25, 0.3) is 11.6 Å². The number of nitro benzene ring substituents is 1. The van der Waals surface area contributed by atoms with Gasteiger partial charge in [-0.05, 0) is 42.8 Å². The van der Waals surface area contributed by atoms with Crippen LogP contribution in [-0.4, -0.2) is 22.4 Å². The summed E-state index contributed by atoms with van der Waals surface area (Å²) in [4.78, 5) is 27.8. The Morgan fingerprint density at radius 1 is 1.23 bits per heavy atom. The quantitative estimate of drug-likeness (QED) is 0.514. The molecule has 0 radical (unpaired) electrons. The number of ether oxygens (including phenoxy) is 1. The van der Waals surface area contributed by atoms with Crippen molar-refractivity contribution >= 4 is 28.1 Å². The molecule has 3 rings (SSSR count). The van der Waals surface area contributed by atoms with Gasteiger partial charge in [-0.15, -0.1) is 0 Å². The summed E-state index contributed by atoms with van der Waals surface area (Å²) < 4.78 is 5.41. The van der Waals surface area contributed by atoms with Crippen LogP contribution in [0.3, 0.4) is 0 Å². The Labute approximate surface area is 153 Å². The summed E-state index contributed by atoms with van der Waals surface area (Å²) in [5.74, 6) is 0.218. The third kappa shape index (κ3) is 3.86. The number of rotatable bonds is 6. The average molecular weight is 369 g/mol. The molecule has 0 bridgehead atoms. The van der Waals surface area contributed by atoms with Gasteiger partial charge in [0.2, 0.25) is 0 Å². The lowest BCUT2D eigenvalue weighted by molar-refractivity contribution is -0.385. The lowest BCUT2D eigenvalue weighted by atomic mass is 10.1. The maximum atomic E-state index is 12.3. The number of hydrogen-bond acceptors (Lipinski definition) is 6. The van der Waals surface area contributed by atoms with Crippen molar-refractivity contribution in [2.75, 3.05) is 11.9 Å². The molecule has 0 aliphatic carbocycles. The van der Waals surface area contributed by atoms with Crippen molar-refractivity contribution < 1.29 is 14.5 Å². The number of para-hydroxylation sites is 1. The second kappa shape index (κ2) is 7.75. The van der Waals surface area contributed by atoms with Crippen LogP contribution in [0.25, 0.3) is 10.4 Å². The smallest absolute Gasteiger partial charge is 0.282 e. The zero-order valence-corrected chi connectivity index (χ0v) is 14.7. The summed E-state index contributed by atoms with van der Waals surface area (Å²) in [6, 6.07) is 13.3. The predicted molar refractivity (Wildman–Crippen MR) is 99.8 cm³/mol. The third-order valence-electron chi connectivity index (χ3n) is 3.52. The van der Waals surface area contributed by atoms with Crippen molar-refractivity contribution in [2.24, 2.45) is 0 Å². The van der Waals surface area contributed by atoms with E-state index >= 15 is 0 Å². The van der Waals surface area contributed by atoms with Gasteiger partial charge in [-0.25, -0.2) is 4.98 Å². The fourth-order valence-corrected chi connectivity index (χ4v) is 3.15. The van der Waals surface area contributed by atoms with Crippen LogP contribution in [-0.2, 0) is 0 Å². The Hall–Kier alpha value is -3.26. The minimum Gasteiger partial charge on any atom is -0.494 e. The first-order chi connectivity index (χ1) is 12.6. The zero-order valence-electron chi connectivity index (χ0n) is 13.8. The number of nitrogens with zero attached hydrogens (tertiary/aromatic N) is 2. The summed E-state index contributed by atoms with van der Waals surface area (Å²) in [5, 5.41) is 14.0. The predicted octanol–water partition coefficient (Wildman–Crippen LogP) is 4.37. The number of carbonyl (C=O) groups excluding carboxylic acids is 1. The van der Waals surface area contributed by atoms with Gasteiger partial charge in [-0.2, -0.15) is 0 Å². The molecule has 3 aromatic rings. The van der Waals surface area contributed by atoms with Crippen LogP contribution in [0.2, 0.25) is 0 Å². The van der Waals surface area contributed by atoms with E-state index in [4.69, 9.17) is 4.74 Å². The molecule has 2 aromatic carbocycles. The number of nitro groups is 1. The van der Waals surface area contributed by atoms with Gasteiger partial charge in [-0.1, -0.05) is 23.5 Å². The summed E-state index contributed by atoms with van der Waals surface area (Å²) in [6.07, 6.45) is 1.65. The number of benzene rings is 2. The maximum absolute atomic E-state index is 12.3. The van der Waals surface area contributed by atoms with Crippen LogP contribution in [0.5, 0.6) is 5.75 Å². The molecular formula is C18H15N3O4S. The molecule has 0 atom stereocenters. The highest BCUT2D eigenvalue weighted by molar-refractivity contribution is 7.19. The molecule has 0 fully saturated rings. The molecule has 0 saturated carbocycles. The molecule has 0 aliphatic rings. The van der Waals surface area contributed by atoms with Crippen molar-refractivity contribution in [3.63, 3.8) is 0 Å². The molecule has 8 heteroatoms. The Balaban J connectivity index is 1.76. The third-order valence-corrected chi connectivity index (χ3v) is 4.48. The molecule has 0 saturated heterocycles. The normalized spacial score (nSPS) is 10.3. The Kier molecular flexibility index (Phi) is 5.23. The summed E-state index contributed by atoms with van der Waals surface area (Å²) >= 11 is 1.29. The fourth-order valence-electron chi connectivity index (χ4n) is 2.34. The molecule has 0 spiro atoms. The Morgan fingerprint density at radius 3 is 2.65 bits per heavy atom. The number of thiazole rings is 1. The number of anilines is 1. The Morgan fingerprint density at radius 2 is 1.96 bits per heavy atom.